The fraction of sp³-hybridized carbons (Fsp3) is 0.478. The molecule has 0 aromatic heterocycles. The first-order valence-corrected chi connectivity index (χ1v) is 10.0. The summed E-state index contributed by atoms with van der Waals surface area (Å²) in [5.41, 5.74) is 1.50. The molecule has 152 valence electrons. The molecule has 1 saturated heterocycles. The van der Waals surface area contributed by atoms with Gasteiger partial charge in [0, 0.05) is 18.1 Å². The quantitative estimate of drug-likeness (QED) is 0.269. The third kappa shape index (κ3) is 7.59. The number of hydrogen-bond donors (Lipinski definition) is 0. The predicted octanol–water partition coefficient (Wildman–Crippen LogP) is 5.07. The molecule has 0 amide bonds. The van der Waals surface area contributed by atoms with Crippen molar-refractivity contribution in [3.8, 4) is 5.75 Å². The minimum Gasteiger partial charge on any atom is -0.494 e. The van der Waals surface area contributed by atoms with Gasteiger partial charge in [0.15, 0.2) is 0 Å². The van der Waals surface area contributed by atoms with E-state index in [2.05, 4.69) is 13.2 Å². The van der Waals surface area contributed by atoms with E-state index in [-0.39, 0.29) is 18.0 Å². The number of unbranched alkanes of at least 4 members (excludes halogenated alkanes) is 6. The molecule has 5 heteroatoms. The topological polar surface area (TPSA) is 61.8 Å². The van der Waals surface area contributed by atoms with Crippen molar-refractivity contribution in [2.75, 3.05) is 13.2 Å². The highest BCUT2D eigenvalue weighted by Gasteiger charge is 2.28. The van der Waals surface area contributed by atoms with Gasteiger partial charge in [-0.15, -0.1) is 0 Å². The normalized spacial score (nSPS) is 15.9. The van der Waals surface area contributed by atoms with Gasteiger partial charge in [0.1, 0.15) is 11.9 Å². The number of carbonyl (C=O) groups excluding carboxylic acids is 2. The largest absolute Gasteiger partial charge is 0.494 e. The van der Waals surface area contributed by atoms with Crippen molar-refractivity contribution < 1.29 is 23.8 Å². The Morgan fingerprint density at radius 3 is 2.21 bits per heavy atom. The van der Waals surface area contributed by atoms with Crippen molar-refractivity contribution in [3.05, 3.63) is 54.6 Å². The van der Waals surface area contributed by atoms with Gasteiger partial charge in [0.2, 0.25) is 0 Å². The third-order valence-corrected chi connectivity index (χ3v) is 4.69. The van der Waals surface area contributed by atoms with Crippen molar-refractivity contribution in [2.45, 2.75) is 57.5 Å². The first-order valence-electron chi connectivity index (χ1n) is 10.0. The van der Waals surface area contributed by atoms with Crippen LogP contribution in [0, 0.1) is 0 Å². The summed E-state index contributed by atoms with van der Waals surface area (Å²) in [7, 11) is 0. The molecule has 1 aliphatic heterocycles. The highest BCUT2D eigenvalue weighted by molar-refractivity contribution is 5.90. The molecule has 1 atom stereocenters. The number of benzene rings is 1. The molecule has 0 bridgehead atoms. The molecule has 1 aliphatic rings. The number of esters is 2. The molecule has 2 rings (SSSR count). The molecule has 1 fully saturated rings. The maximum Gasteiger partial charge on any atom is 0.334 e. The van der Waals surface area contributed by atoms with Gasteiger partial charge >= 0.3 is 11.9 Å². The second-order valence-electron chi connectivity index (χ2n) is 6.97. The van der Waals surface area contributed by atoms with Gasteiger partial charge in [-0.1, -0.05) is 57.4 Å². The lowest BCUT2D eigenvalue weighted by atomic mass is 10.1. The summed E-state index contributed by atoms with van der Waals surface area (Å²) >= 11 is 0. The van der Waals surface area contributed by atoms with E-state index in [0.717, 1.165) is 43.4 Å². The molecule has 0 aliphatic carbocycles. The van der Waals surface area contributed by atoms with E-state index in [0.29, 0.717) is 25.2 Å². The number of rotatable bonds is 13. The minimum absolute atomic E-state index is 0.219. The zero-order valence-electron chi connectivity index (χ0n) is 16.5. The van der Waals surface area contributed by atoms with Crippen molar-refractivity contribution in [1.82, 2.24) is 0 Å². The van der Waals surface area contributed by atoms with E-state index in [4.69, 9.17) is 14.2 Å². The van der Waals surface area contributed by atoms with E-state index in [1.54, 1.807) is 0 Å². The number of hydrogen-bond acceptors (Lipinski definition) is 5. The summed E-state index contributed by atoms with van der Waals surface area (Å²) in [6.45, 7) is 8.25. The van der Waals surface area contributed by atoms with Gasteiger partial charge in [-0.3, -0.25) is 0 Å². The summed E-state index contributed by atoms with van der Waals surface area (Å²) in [6, 6.07) is 7.73. The molecule has 1 unspecified atom stereocenters. The molecule has 1 aromatic carbocycles. The van der Waals surface area contributed by atoms with Crippen LogP contribution in [0.4, 0.5) is 0 Å². The minimum atomic E-state index is -0.345. The van der Waals surface area contributed by atoms with Crippen molar-refractivity contribution in [3.63, 3.8) is 0 Å². The molecule has 0 spiro atoms. The Kier molecular flexibility index (Phi) is 9.32. The summed E-state index contributed by atoms with van der Waals surface area (Å²) in [4.78, 5) is 22.3. The lowest BCUT2D eigenvalue weighted by Gasteiger charge is -2.11. The average molecular weight is 386 g/mol. The first kappa shape index (κ1) is 21.7. The summed E-state index contributed by atoms with van der Waals surface area (Å²) in [6.07, 6.45) is 9.22. The molecule has 28 heavy (non-hydrogen) atoms. The standard InChI is InChI=1S/C23H30O5/c1-3-22(24)27-16-10-8-6-4-5-7-9-15-26-20-13-11-19(12-14-20)21-17-18(2)23(25)28-21/h3,11-14,21H,1-2,4-10,15-17H2. The second kappa shape index (κ2) is 12.0. The second-order valence-corrected chi connectivity index (χ2v) is 6.97. The fourth-order valence-electron chi connectivity index (χ4n) is 3.04. The van der Waals surface area contributed by atoms with Crippen LogP contribution in [0.25, 0.3) is 0 Å². The van der Waals surface area contributed by atoms with Crippen LogP contribution in [0.3, 0.4) is 0 Å². The Morgan fingerprint density at radius 1 is 1.04 bits per heavy atom. The van der Waals surface area contributed by atoms with Gasteiger partial charge in [-0.2, -0.15) is 0 Å². The molecule has 1 heterocycles. The van der Waals surface area contributed by atoms with E-state index < -0.39 is 0 Å². The first-order chi connectivity index (χ1) is 13.6. The van der Waals surface area contributed by atoms with Crippen molar-refractivity contribution in [2.24, 2.45) is 0 Å². The van der Waals surface area contributed by atoms with Crippen LogP contribution >= 0.6 is 0 Å². The average Bonchev–Trinajstić information content (AvgIpc) is 3.04. The Morgan fingerprint density at radius 2 is 1.64 bits per heavy atom. The fourth-order valence-corrected chi connectivity index (χ4v) is 3.04. The zero-order chi connectivity index (χ0) is 20.2. The Balaban J connectivity index is 1.48. The van der Waals surface area contributed by atoms with E-state index >= 15 is 0 Å². The van der Waals surface area contributed by atoms with Gasteiger partial charge in [0.05, 0.1) is 13.2 Å². The van der Waals surface area contributed by atoms with Crippen LogP contribution in [0.2, 0.25) is 0 Å². The molecule has 1 aromatic rings. The van der Waals surface area contributed by atoms with Crippen LogP contribution < -0.4 is 4.74 Å². The number of carbonyl (C=O) groups is 2. The summed E-state index contributed by atoms with van der Waals surface area (Å²) in [5, 5.41) is 0. The monoisotopic (exact) mass is 386 g/mol. The van der Waals surface area contributed by atoms with E-state index in [1.807, 2.05) is 24.3 Å². The SMILES string of the molecule is C=CC(=O)OCCCCCCCCCOc1ccc(C2CC(=C)C(=O)O2)cc1. The lowest BCUT2D eigenvalue weighted by Crippen LogP contribution is -2.01. The van der Waals surface area contributed by atoms with Gasteiger partial charge in [-0.05, 0) is 30.5 Å². The van der Waals surface area contributed by atoms with Crippen molar-refractivity contribution >= 4 is 11.9 Å². The molecular formula is C23H30O5. The van der Waals surface area contributed by atoms with E-state index in [1.165, 1.54) is 18.9 Å². The van der Waals surface area contributed by atoms with Gasteiger partial charge in [0.25, 0.3) is 0 Å². The number of ether oxygens (including phenoxy) is 3. The maximum atomic E-state index is 11.4. The molecule has 0 N–H and O–H groups in total. The Labute approximate surface area is 167 Å². The van der Waals surface area contributed by atoms with Crippen LogP contribution in [0.15, 0.2) is 49.1 Å². The molecule has 5 nitrogen and oxygen atoms in total. The molecular weight excluding hydrogens is 356 g/mol. The van der Waals surface area contributed by atoms with Gasteiger partial charge < -0.3 is 14.2 Å². The highest BCUT2D eigenvalue weighted by atomic mass is 16.6. The summed E-state index contributed by atoms with van der Waals surface area (Å²) in [5.74, 6) is 0.185. The van der Waals surface area contributed by atoms with Gasteiger partial charge in [-0.25, -0.2) is 9.59 Å². The molecule has 0 saturated carbocycles. The summed E-state index contributed by atoms with van der Waals surface area (Å²) < 4.78 is 16.0. The highest BCUT2D eigenvalue weighted by Crippen LogP contribution is 2.32. The Bertz CT molecular complexity index is 646. The molecule has 0 radical (unpaired) electrons. The lowest BCUT2D eigenvalue weighted by molar-refractivity contribution is -0.139. The van der Waals surface area contributed by atoms with Crippen LogP contribution in [0.1, 0.15) is 63.0 Å². The van der Waals surface area contributed by atoms with Crippen LogP contribution in [0.5, 0.6) is 5.75 Å². The van der Waals surface area contributed by atoms with Crippen molar-refractivity contribution in [1.29, 1.82) is 0 Å². The predicted molar refractivity (Wildman–Crippen MR) is 108 cm³/mol. The Hall–Kier alpha value is -2.56. The zero-order valence-corrected chi connectivity index (χ0v) is 16.5. The van der Waals surface area contributed by atoms with Crippen LogP contribution in [-0.2, 0) is 19.1 Å². The van der Waals surface area contributed by atoms with Crippen LogP contribution in [-0.4, -0.2) is 25.2 Å². The van der Waals surface area contributed by atoms with E-state index in [9.17, 15) is 9.59 Å². The third-order valence-electron chi connectivity index (χ3n) is 4.69. The number of cyclic esters (lactones) is 1. The maximum absolute atomic E-state index is 11.4. The smallest absolute Gasteiger partial charge is 0.334 e.